The molecule has 1 amide bonds. The van der Waals surface area contributed by atoms with Gasteiger partial charge in [0.05, 0.1) is 6.04 Å². The number of carbonyl (C=O) groups excluding carboxylic acids is 2. The lowest BCUT2D eigenvalue weighted by molar-refractivity contribution is -0.134. The van der Waals surface area contributed by atoms with E-state index in [1.165, 1.54) is 6.42 Å². The molecule has 0 aromatic rings. The van der Waals surface area contributed by atoms with Crippen molar-refractivity contribution in [3.63, 3.8) is 0 Å². The van der Waals surface area contributed by atoms with Crippen LogP contribution in [0.3, 0.4) is 0 Å². The molecule has 0 bridgehead atoms. The van der Waals surface area contributed by atoms with Crippen molar-refractivity contribution in [3.05, 3.63) is 0 Å². The van der Waals surface area contributed by atoms with Gasteiger partial charge in [0.25, 0.3) is 5.91 Å². The van der Waals surface area contributed by atoms with Gasteiger partial charge in [0, 0.05) is 5.92 Å². The zero-order valence-electron chi connectivity index (χ0n) is 11.9. The van der Waals surface area contributed by atoms with Crippen LogP contribution in [0.5, 0.6) is 0 Å². The predicted octanol–water partition coefficient (Wildman–Crippen LogP) is 2.78. The molecule has 4 heteroatoms. The SMILES string of the molecule is CC(C)C(=O)C(NC(=O)C1(F)CC1)C1CCCCC1. The van der Waals surface area contributed by atoms with Gasteiger partial charge in [-0.2, -0.15) is 0 Å². The van der Waals surface area contributed by atoms with Crippen LogP contribution in [0.25, 0.3) is 0 Å². The van der Waals surface area contributed by atoms with Gasteiger partial charge in [-0.1, -0.05) is 33.1 Å². The molecular formula is C15H24FNO2. The molecular weight excluding hydrogens is 245 g/mol. The van der Waals surface area contributed by atoms with Gasteiger partial charge in [0.15, 0.2) is 11.5 Å². The number of amides is 1. The van der Waals surface area contributed by atoms with Gasteiger partial charge >= 0.3 is 0 Å². The third kappa shape index (κ3) is 3.34. The summed E-state index contributed by atoms with van der Waals surface area (Å²) in [6.07, 6.45) is 5.91. The van der Waals surface area contributed by atoms with Gasteiger partial charge in [0.1, 0.15) is 0 Å². The summed E-state index contributed by atoms with van der Waals surface area (Å²) in [6, 6.07) is -0.485. The van der Waals surface area contributed by atoms with E-state index in [-0.39, 0.29) is 17.6 Å². The van der Waals surface area contributed by atoms with Crippen LogP contribution in [0.15, 0.2) is 0 Å². The quantitative estimate of drug-likeness (QED) is 0.834. The molecule has 0 spiro atoms. The molecule has 0 radical (unpaired) electrons. The van der Waals surface area contributed by atoms with E-state index >= 15 is 0 Å². The van der Waals surface area contributed by atoms with E-state index in [0.717, 1.165) is 25.7 Å². The first-order valence-electron chi connectivity index (χ1n) is 7.47. The summed E-state index contributed by atoms with van der Waals surface area (Å²) in [6.45, 7) is 3.68. The minimum Gasteiger partial charge on any atom is -0.343 e. The maximum atomic E-state index is 13.8. The molecule has 1 unspecified atom stereocenters. The zero-order valence-corrected chi connectivity index (χ0v) is 11.9. The molecule has 0 aliphatic heterocycles. The number of Topliss-reactive ketones (excluding diaryl/α,β-unsaturated/α-hetero) is 1. The van der Waals surface area contributed by atoms with Gasteiger partial charge in [-0.25, -0.2) is 4.39 Å². The lowest BCUT2D eigenvalue weighted by Crippen LogP contribution is -2.50. The molecule has 3 nitrogen and oxygen atoms in total. The van der Waals surface area contributed by atoms with Gasteiger partial charge < -0.3 is 5.32 Å². The minimum atomic E-state index is -1.69. The van der Waals surface area contributed by atoms with Crippen molar-refractivity contribution in [1.29, 1.82) is 0 Å². The van der Waals surface area contributed by atoms with Crippen molar-refractivity contribution in [2.45, 2.75) is 70.5 Å². The van der Waals surface area contributed by atoms with Crippen LogP contribution in [-0.4, -0.2) is 23.4 Å². The maximum Gasteiger partial charge on any atom is 0.258 e. The summed E-state index contributed by atoms with van der Waals surface area (Å²) in [4.78, 5) is 24.2. The molecule has 19 heavy (non-hydrogen) atoms. The Hall–Kier alpha value is -0.930. The molecule has 2 fully saturated rings. The molecule has 1 atom stereocenters. The molecule has 2 rings (SSSR count). The van der Waals surface area contributed by atoms with Crippen LogP contribution < -0.4 is 5.32 Å². The Labute approximate surface area is 114 Å². The van der Waals surface area contributed by atoms with Crippen molar-refractivity contribution < 1.29 is 14.0 Å². The Kier molecular flexibility index (Phi) is 4.26. The van der Waals surface area contributed by atoms with Crippen LogP contribution >= 0.6 is 0 Å². The summed E-state index contributed by atoms with van der Waals surface area (Å²) < 4.78 is 13.8. The number of carbonyl (C=O) groups is 2. The Morgan fingerprint density at radius 2 is 1.74 bits per heavy atom. The fraction of sp³-hybridized carbons (Fsp3) is 0.867. The highest BCUT2D eigenvalue weighted by molar-refractivity contribution is 5.94. The molecule has 1 N–H and O–H groups in total. The highest BCUT2D eigenvalue weighted by atomic mass is 19.1. The number of alkyl halides is 1. The van der Waals surface area contributed by atoms with Crippen LogP contribution in [0.2, 0.25) is 0 Å². The van der Waals surface area contributed by atoms with E-state index in [1.54, 1.807) is 0 Å². The Morgan fingerprint density at radius 3 is 2.21 bits per heavy atom. The van der Waals surface area contributed by atoms with Crippen molar-refractivity contribution in [2.75, 3.05) is 0 Å². The van der Waals surface area contributed by atoms with E-state index in [4.69, 9.17) is 0 Å². The van der Waals surface area contributed by atoms with Crippen LogP contribution in [-0.2, 0) is 9.59 Å². The summed E-state index contributed by atoms with van der Waals surface area (Å²) in [7, 11) is 0. The fourth-order valence-electron chi connectivity index (χ4n) is 2.86. The number of ketones is 1. The van der Waals surface area contributed by atoms with E-state index < -0.39 is 17.6 Å². The first-order valence-corrected chi connectivity index (χ1v) is 7.47. The third-order valence-corrected chi connectivity index (χ3v) is 4.38. The van der Waals surface area contributed by atoms with E-state index in [0.29, 0.717) is 12.8 Å². The predicted molar refractivity (Wildman–Crippen MR) is 71.4 cm³/mol. The second-order valence-electron chi connectivity index (χ2n) is 6.37. The number of hydrogen-bond donors (Lipinski definition) is 1. The van der Waals surface area contributed by atoms with Crippen LogP contribution in [0, 0.1) is 11.8 Å². The van der Waals surface area contributed by atoms with E-state index in [9.17, 15) is 14.0 Å². The third-order valence-electron chi connectivity index (χ3n) is 4.38. The van der Waals surface area contributed by atoms with Crippen LogP contribution in [0.4, 0.5) is 4.39 Å². The molecule has 0 heterocycles. The van der Waals surface area contributed by atoms with Gasteiger partial charge in [0.2, 0.25) is 0 Å². The van der Waals surface area contributed by atoms with Crippen LogP contribution in [0.1, 0.15) is 58.8 Å². The van der Waals surface area contributed by atoms with Gasteiger partial charge in [-0.3, -0.25) is 9.59 Å². The summed E-state index contributed by atoms with van der Waals surface area (Å²) >= 11 is 0. The number of nitrogens with one attached hydrogen (secondary N) is 1. The largest absolute Gasteiger partial charge is 0.343 e. The van der Waals surface area contributed by atoms with Crippen molar-refractivity contribution >= 4 is 11.7 Å². The fourth-order valence-corrected chi connectivity index (χ4v) is 2.86. The normalized spacial score (nSPS) is 24.0. The Bertz CT molecular complexity index is 357. The minimum absolute atomic E-state index is 0.0458. The smallest absolute Gasteiger partial charge is 0.258 e. The standard InChI is InChI=1S/C15H24FNO2/c1-10(2)13(18)12(11-6-4-3-5-7-11)17-14(19)15(16)8-9-15/h10-12H,3-9H2,1-2H3,(H,17,19). The average molecular weight is 269 g/mol. The highest BCUT2D eigenvalue weighted by Gasteiger charge is 2.52. The average Bonchev–Trinajstić information content (AvgIpc) is 3.15. The zero-order chi connectivity index (χ0) is 14.0. The molecule has 2 aliphatic carbocycles. The number of hydrogen-bond acceptors (Lipinski definition) is 2. The Morgan fingerprint density at radius 1 is 1.16 bits per heavy atom. The molecule has 0 saturated heterocycles. The Balaban J connectivity index is 2.04. The highest BCUT2D eigenvalue weighted by Crippen LogP contribution is 2.40. The molecule has 0 aromatic carbocycles. The van der Waals surface area contributed by atoms with Crippen molar-refractivity contribution in [1.82, 2.24) is 5.32 Å². The van der Waals surface area contributed by atoms with E-state index in [2.05, 4.69) is 5.32 Å². The lowest BCUT2D eigenvalue weighted by atomic mass is 9.80. The molecule has 2 saturated carbocycles. The van der Waals surface area contributed by atoms with Gasteiger partial charge in [-0.15, -0.1) is 0 Å². The summed E-state index contributed by atoms with van der Waals surface area (Å²) in [5.74, 6) is -0.460. The second kappa shape index (κ2) is 5.59. The first-order chi connectivity index (χ1) is 8.94. The summed E-state index contributed by atoms with van der Waals surface area (Å²) in [5.41, 5.74) is -1.69. The second-order valence-corrected chi connectivity index (χ2v) is 6.37. The first kappa shape index (κ1) is 14.5. The molecule has 2 aliphatic rings. The van der Waals surface area contributed by atoms with E-state index in [1.807, 2.05) is 13.8 Å². The molecule has 0 aromatic heterocycles. The maximum absolute atomic E-state index is 13.8. The topological polar surface area (TPSA) is 46.2 Å². The molecule has 108 valence electrons. The number of halogens is 1. The van der Waals surface area contributed by atoms with Crippen molar-refractivity contribution in [2.24, 2.45) is 11.8 Å². The lowest BCUT2D eigenvalue weighted by Gasteiger charge is -2.31. The summed E-state index contributed by atoms with van der Waals surface area (Å²) in [5, 5.41) is 2.71. The van der Waals surface area contributed by atoms with Gasteiger partial charge in [-0.05, 0) is 31.6 Å². The van der Waals surface area contributed by atoms with Crippen molar-refractivity contribution in [3.8, 4) is 0 Å². The monoisotopic (exact) mass is 269 g/mol. The number of rotatable bonds is 5.